The molecule has 1 aliphatic rings. The summed E-state index contributed by atoms with van der Waals surface area (Å²) in [5.74, 6) is 0.00231. The van der Waals surface area contributed by atoms with Crippen LogP contribution in [0.1, 0.15) is 27.2 Å². The van der Waals surface area contributed by atoms with Gasteiger partial charge in [0.05, 0.1) is 5.60 Å². The summed E-state index contributed by atoms with van der Waals surface area (Å²) in [6.45, 7) is 5.79. The Hall–Kier alpha value is -0.120. The molecule has 1 fully saturated rings. The Morgan fingerprint density at radius 1 is 1.45 bits per heavy atom. The average Bonchev–Trinajstić information content (AvgIpc) is 2.17. The molecule has 1 heterocycles. The summed E-state index contributed by atoms with van der Waals surface area (Å²) in [4.78, 5) is 0. The van der Waals surface area contributed by atoms with Gasteiger partial charge in [-0.3, -0.25) is 0 Å². The van der Waals surface area contributed by atoms with Crippen molar-refractivity contribution in [1.82, 2.24) is 0 Å². The first-order valence-electron chi connectivity index (χ1n) is 4.05. The molecule has 0 spiro atoms. The molecule has 3 heteroatoms. The van der Waals surface area contributed by atoms with Crippen molar-refractivity contribution in [1.29, 1.82) is 0 Å². The summed E-state index contributed by atoms with van der Waals surface area (Å²) in [5.41, 5.74) is -0.362. The summed E-state index contributed by atoms with van der Waals surface area (Å²) in [5, 5.41) is 18.5. The summed E-state index contributed by atoms with van der Waals surface area (Å²) in [6, 6.07) is 0. The Balaban J connectivity index is 2.73. The van der Waals surface area contributed by atoms with Gasteiger partial charge in [-0.1, -0.05) is 13.8 Å². The first kappa shape index (κ1) is 8.97. The van der Waals surface area contributed by atoms with Gasteiger partial charge in [-0.05, 0) is 13.3 Å². The summed E-state index contributed by atoms with van der Waals surface area (Å²) in [6.07, 6.45) is -0.933. The van der Waals surface area contributed by atoms with E-state index in [1.807, 2.05) is 20.8 Å². The van der Waals surface area contributed by atoms with E-state index in [2.05, 4.69) is 0 Å². The standard InChI is InChI=1S/C8H16O3/c1-4-8(3)5(2)6(9)7(10)11-8/h5-7,9-10H,4H2,1-3H3/t5-,6+,7-,8+/m0/s1. The van der Waals surface area contributed by atoms with Gasteiger partial charge in [-0.2, -0.15) is 0 Å². The molecule has 66 valence electrons. The molecule has 11 heavy (non-hydrogen) atoms. The van der Waals surface area contributed by atoms with Crippen molar-refractivity contribution >= 4 is 0 Å². The van der Waals surface area contributed by atoms with Gasteiger partial charge in [-0.15, -0.1) is 0 Å². The number of hydrogen-bond acceptors (Lipinski definition) is 3. The van der Waals surface area contributed by atoms with E-state index in [4.69, 9.17) is 9.84 Å². The molecule has 4 atom stereocenters. The molecule has 0 aromatic heterocycles. The van der Waals surface area contributed by atoms with Gasteiger partial charge < -0.3 is 14.9 Å². The van der Waals surface area contributed by atoms with Gasteiger partial charge in [0.25, 0.3) is 0 Å². The number of ether oxygens (including phenoxy) is 1. The van der Waals surface area contributed by atoms with Gasteiger partial charge in [0.2, 0.25) is 0 Å². The van der Waals surface area contributed by atoms with E-state index >= 15 is 0 Å². The van der Waals surface area contributed by atoms with E-state index in [0.717, 1.165) is 6.42 Å². The third-order valence-electron chi connectivity index (χ3n) is 2.86. The van der Waals surface area contributed by atoms with Crippen LogP contribution in [0.4, 0.5) is 0 Å². The van der Waals surface area contributed by atoms with E-state index in [9.17, 15) is 5.11 Å². The van der Waals surface area contributed by atoms with Crippen LogP contribution in [0.15, 0.2) is 0 Å². The smallest absolute Gasteiger partial charge is 0.181 e. The number of aliphatic hydroxyl groups is 2. The van der Waals surface area contributed by atoms with Gasteiger partial charge in [-0.25, -0.2) is 0 Å². The van der Waals surface area contributed by atoms with E-state index in [0.29, 0.717) is 0 Å². The Morgan fingerprint density at radius 2 is 2.00 bits per heavy atom. The molecule has 0 aromatic rings. The highest BCUT2D eigenvalue weighted by atomic mass is 16.6. The van der Waals surface area contributed by atoms with Crippen LogP contribution in [0.25, 0.3) is 0 Å². The molecule has 0 radical (unpaired) electrons. The molecule has 2 N–H and O–H groups in total. The summed E-state index contributed by atoms with van der Waals surface area (Å²) in [7, 11) is 0. The highest BCUT2D eigenvalue weighted by molar-refractivity contribution is 4.92. The van der Waals surface area contributed by atoms with E-state index in [-0.39, 0.29) is 11.5 Å². The summed E-state index contributed by atoms with van der Waals surface area (Å²) >= 11 is 0. The van der Waals surface area contributed by atoms with Crippen LogP contribution in [0, 0.1) is 5.92 Å². The van der Waals surface area contributed by atoms with Crippen LogP contribution < -0.4 is 0 Å². The van der Waals surface area contributed by atoms with Gasteiger partial charge >= 0.3 is 0 Å². The largest absolute Gasteiger partial charge is 0.387 e. The Kier molecular flexibility index (Phi) is 2.23. The lowest BCUT2D eigenvalue weighted by molar-refractivity contribution is -0.155. The third kappa shape index (κ3) is 1.28. The maximum absolute atomic E-state index is 9.36. The van der Waals surface area contributed by atoms with Crippen LogP contribution in [0.5, 0.6) is 0 Å². The molecular formula is C8H16O3. The van der Waals surface area contributed by atoms with Crippen LogP contribution in [0.2, 0.25) is 0 Å². The molecule has 3 nitrogen and oxygen atoms in total. The average molecular weight is 160 g/mol. The second-order valence-corrected chi connectivity index (χ2v) is 3.45. The fourth-order valence-corrected chi connectivity index (χ4v) is 1.47. The van der Waals surface area contributed by atoms with Crippen LogP contribution in [-0.4, -0.2) is 28.2 Å². The zero-order chi connectivity index (χ0) is 8.65. The molecule has 1 aliphatic heterocycles. The van der Waals surface area contributed by atoms with Gasteiger partial charge in [0, 0.05) is 5.92 Å². The Bertz CT molecular complexity index is 148. The van der Waals surface area contributed by atoms with Gasteiger partial charge in [0.1, 0.15) is 6.10 Å². The third-order valence-corrected chi connectivity index (χ3v) is 2.86. The van der Waals surface area contributed by atoms with Crippen molar-refractivity contribution in [3.63, 3.8) is 0 Å². The lowest BCUT2D eigenvalue weighted by Gasteiger charge is -2.26. The lowest BCUT2D eigenvalue weighted by atomic mass is 9.87. The maximum atomic E-state index is 9.36. The van der Waals surface area contributed by atoms with Crippen LogP contribution in [-0.2, 0) is 4.74 Å². The zero-order valence-electron chi connectivity index (χ0n) is 7.24. The molecule has 1 rings (SSSR count). The van der Waals surface area contributed by atoms with Crippen molar-refractivity contribution in [2.45, 2.75) is 45.2 Å². The number of rotatable bonds is 1. The van der Waals surface area contributed by atoms with Crippen molar-refractivity contribution < 1.29 is 14.9 Å². The van der Waals surface area contributed by atoms with Crippen molar-refractivity contribution in [3.8, 4) is 0 Å². The number of aliphatic hydroxyl groups excluding tert-OH is 2. The monoisotopic (exact) mass is 160 g/mol. The lowest BCUT2D eigenvalue weighted by Crippen LogP contribution is -2.32. The van der Waals surface area contributed by atoms with E-state index in [1.54, 1.807) is 0 Å². The van der Waals surface area contributed by atoms with E-state index in [1.165, 1.54) is 0 Å². The molecule has 1 saturated heterocycles. The summed E-state index contributed by atoms with van der Waals surface area (Å²) < 4.78 is 5.23. The van der Waals surface area contributed by atoms with Crippen molar-refractivity contribution in [2.24, 2.45) is 5.92 Å². The highest BCUT2D eigenvalue weighted by Crippen LogP contribution is 2.37. The van der Waals surface area contributed by atoms with Crippen LogP contribution in [0.3, 0.4) is 0 Å². The van der Waals surface area contributed by atoms with E-state index < -0.39 is 12.4 Å². The maximum Gasteiger partial charge on any atom is 0.181 e. The number of hydrogen-bond donors (Lipinski definition) is 2. The first-order chi connectivity index (χ1) is 5.01. The minimum atomic E-state index is -1.00. The zero-order valence-corrected chi connectivity index (χ0v) is 7.24. The second kappa shape index (κ2) is 2.73. The molecule has 0 unspecified atom stereocenters. The van der Waals surface area contributed by atoms with Crippen molar-refractivity contribution in [3.05, 3.63) is 0 Å². The Morgan fingerprint density at radius 3 is 2.18 bits per heavy atom. The van der Waals surface area contributed by atoms with Gasteiger partial charge in [0.15, 0.2) is 6.29 Å². The molecule has 0 saturated carbocycles. The topological polar surface area (TPSA) is 49.7 Å². The molecule has 0 aliphatic carbocycles. The minimum absolute atomic E-state index is 0.00231. The highest BCUT2D eigenvalue weighted by Gasteiger charge is 2.47. The predicted molar refractivity (Wildman–Crippen MR) is 41.0 cm³/mol. The molecule has 0 aromatic carbocycles. The first-order valence-corrected chi connectivity index (χ1v) is 4.05. The predicted octanol–water partition coefficient (Wildman–Crippen LogP) is 0.501. The fourth-order valence-electron chi connectivity index (χ4n) is 1.47. The SMILES string of the molecule is CC[C@@]1(C)O[C@H](O)[C@H](O)[C@@H]1C. The molecule has 0 amide bonds. The normalized spacial score (nSPS) is 51.5. The quantitative estimate of drug-likeness (QED) is 0.587. The minimum Gasteiger partial charge on any atom is -0.387 e. The van der Waals surface area contributed by atoms with Crippen LogP contribution >= 0.6 is 0 Å². The second-order valence-electron chi connectivity index (χ2n) is 3.45. The fraction of sp³-hybridized carbons (Fsp3) is 1.00. The van der Waals surface area contributed by atoms with Crippen molar-refractivity contribution in [2.75, 3.05) is 0 Å². The molecule has 0 bridgehead atoms. The molecular weight excluding hydrogens is 144 g/mol. The Labute approximate surface area is 67.0 Å².